The standard InChI is InChI=1S/C13H17ClN2O4/c1-8(9-4-3-5-10(14)6-9)16-13(19)15-7-11(20-2)12(17)18/h3-6,8,11H,7H2,1-2H3,(H,17,18)(H2,15,16,19). The normalized spacial score (nSPS) is 13.3. The molecule has 2 amide bonds. The summed E-state index contributed by atoms with van der Waals surface area (Å²) < 4.78 is 4.71. The zero-order valence-electron chi connectivity index (χ0n) is 11.2. The molecule has 1 aromatic rings. The van der Waals surface area contributed by atoms with Crippen molar-refractivity contribution in [3.63, 3.8) is 0 Å². The Morgan fingerprint density at radius 1 is 1.45 bits per heavy atom. The van der Waals surface area contributed by atoms with E-state index in [0.717, 1.165) is 5.56 Å². The van der Waals surface area contributed by atoms with Gasteiger partial charge in [0.05, 0.1) is 12.6 Å². The highest BCUT2D eigenvalue weighted by molar-refractivity contribution is 6.30. The van der Waals surface area contributed by atoms with Crippen LogP contribution in [0.1, 0.15) is 18.5 Å². The summed E-state index contributed by atoms with van der Waals surface area (Å²) in [5, 5.41) is 14.5. The molecule has 1 aromatic carbocycles. The Labute approximate surface area is 122 Å². The van der Waals surface area contributed by atoms with E-state index in [-0.39, 0.29) is 12.6 Å². The van der Waals surface area contributed by atoms with Crippen molar-refractivity contribution in [3.8, 4) is 0 Å². The van der Waals surface area contributed by atoms with Crippen molar-refractivity contribution >= 4 is 23.6 Å². The summed E-state index contributed by atoms with van der Waals surface area (Å²) in [6, 6.07) is 6.40. The lowest BCUT2D eigenvalue weighted by molar-refractivity contribution is -0.147. The van der Waals surface area contributed by atoms with Gasteiger partial charge in [-0.1, -0.05) is 23.7 Å². The SMILES string of the molecule is COC(CNC(=O)NC(C)c1cccc(Cl)c1)C(=O)O. The van der Waals surface area contributed by atoms with E-state index in [2.05, 4.69) is 10.6 Å². The Morgan fingerprint density at radius 3 is 2.70 bits per heavy atom. The van der Waals surface area contributed by atoms with Gasteiger partial charge in [0.1, 0.15) is 0 Å². The maximum absolute atomic E-state index is 11.7. The van der Waals surface area contributed by atoms with Gasteiger partial charge >= 0.3 is 12.0 Å². The predicted octanol–water partition coefficient (Wildman–Crippen LogP) is 1.80. The number of nitrogens with one attached hydrogen (secondary N) is 2. The number of hydrogen-bond acceptors (Lipinski definition) is 3. The molecule has 0 saturated heterocycles. The molecule has 0 aromatic heterocycles. The Bertz CT molecular complexity index is 481. The van der Waals surface area contributed by atoms with E-state index in [1.54, 1.807) is 25.1 Å². The summed E-state index contributed by atoms with van der Waals surface area (Å²) in [6.07, 6.45) is -1.07. The van der Waals surface area contributed by atoms with Gasteiger partial charge in [-0.3, -0.25) is 0 Å². The summed E-state index contributed by atoms with van der Waals surface area (Å²) >= 11 is 5.87. The minimum Gasteiger partial charge on any atom is -0.479 e. The lowest BCUT2D eigenvalue weighted by Gasteiger charge is -2.17. The summed E-state index contributed by atoms with van der Waals surface area (Å²) in [7, 11) is 1.27. The number of urea groups is 1. The number of ether oxygens (including phenoxy) is 1. The first kappa shape index (κ1) is 16.3. The first-order chi connectivity index (χ1) is 9.43. The number of carbonyl (C=O) groups excluding carboxylic acids is 1. The molecule has 20 heavy (non-hydrogen) atoms. The molecule has 0 aliphatic carbocycles. The van der Waals surface area contributed by atoms with Crippen molar-refractivity contribution in [2.75, 3.05) is 13.7 Å². The average Bonchev–Trinajstić information content (AvgIpc) is 2.38. The smallest absolute Gasteiger partial charge is 0.334 e. The molecule has 0 aliphatic heterocycles. The second-order valence-corrected chi connectivity index (χ2v) is 4.63. The molecule has 0 heterocycles. The molecule has 0 fully saturated rings. The number of carboxylic acid groups (broad SMARTS) is 1. The number of aliphatic carboxylic acids is 1. The molecule has 0 aliphatic rings. The van der Waals surface area contributed by atoms with Gasteiger partial charge in [0.15, 0.2) is 6.10 Å². The lowest BCUT2D eigenvalue weighted by Crippen LogP contribution is -2.43. The van der Waals surface area contributed by atoms with Gasteiger partial charge in [-0.2, -0.15) is 0 Å². The first-order valence-electron chi connectivity index (χ1n) is 5.99. The molecule has 1 rings (SSSR count). The highest BCUT2D eigenvalue weighted by atomic mass is 35.5. The Balaban J connectivity index is 2.48. The van der Waals surface area contributed by atoms with Crippen molar-refractivity contribution in [1.29, 1.82) is 0 Å². The second kappa shape index (κ2) is 7.72. The fourth-order valence-electron chi connectivity index (χ4n) is 1.56. The molecular formula is C13H17ClN2O4. The third kappa shape index (κ3) is 5.07. The summed E-state index contributed by atoms with van der Waals surface area (Å²) in [6.45, 7) is 1.69. The van der Waals surface area contributed by atoms with Crippen LogP contribution in [0.5, 0.6) is 0 Å². The van der Waals surface area contributed by atoms with Gasteiger partial charge in [-0.15, -0.1) is 0 Å². The van der Waals surface area contributed by atoms with E-state index in [0.29, 0.717) is 5.02 Å². The largest absolute Gasteiger partial charge is 0.479 e. The van der Waals surface area contributed by atoms with E-state index in [1.165, 1.54) is 7.11 Å². The van der Waals surface area contributed by atoms with Gasteiger partial charge < -0.3 is 20.5 Å². The molecule has 2 unspecified atom stereocenters. The van der Waals surface area contributed by atoms with Gasteiger partial charge in [0, 0.05) is 12.1 Å². The third-order valence-corrected chi connectivity index (χ3v) is 2.94. The van der Waals surface area contributed by atoms with Crippen molar-refractivity contribution in [2.24, 2.45) is 0 Å². The zero-order chi connectivity index (χ0) is 15.1. The third-order valence-electron chi connectivity index (χ3n) is 2.70. The summed E-state index contributed by atoms with van der Waals surface area (Å²) in [5.74, 6) is -1.13. The molecule has 110 valence electrons. The molecular weight excluding hydrogens is 284 g/mol. The van der Waals surface area contributed by atoms with E-state index in [9.17, 15) is 9.59 Å². The highest BCUT2D eigenvalue weighted by Crippen LogP contribution is 2.16. The topological polar surface area (TPSA) is 87.7 Å². The molecule has 0 saturated carbocycles. The van der Waals surface area contributed by atoms with Crippen LogP contribution >= 0.6 is 11.6 Å². The average molecular weight is 301 g/mol. The fourth-order valence-corrected chi connectivity index (χ4v) is 1.76. The van der Waals surface area contributed by atoms with E-state index in [4.69, 9.17) is 21.4 Å². The van der Waals surface area contributed by atoms with Crippen LogP contribution in [0.25, 0.3) is 0 Å². The molecule has 0 bridgehead atoms. The van der Waals surface area contributed by atoms with Crippen molar-refractivity contribution in [1.82, 2.24) is 10.6 Å². The minimum atomic E-state index is -1.13. The number of rotatable bonds is 6. The quantitative estimate of drug-likeness (QED) is 0.747. The number of benzene rings is 1. The fraction of sp³-hybridized carbons (Fsp3) is 0.385. The van der Waals surface area contributed by atoms with Gasteiger partial charge in [-0.05, 0) is 24.6 Å². The van der Waals surface area contributed by atoms with Crippen molar-refractivity contribution in [2.45, 2.75) is 19.1 Å². The van der Waals surface area contributed by atoms with E-state index >= 15 is 0 Å². The maximum atomic E-state index is 11.7. The van der Waals surface area contributed by atoms with Crippen LogP contribution < -0.4 is 10.6 Å². The van der Waals surface area contributed by atoms with Crippen LogP contribution in [-0.4, -0.2) is 36.9 Å². The predicted molar refractivity (Wildman–Crippen MR) is 74.8 cm³/mol. The molecule has 7 heteroatoms. The molecule has 0 radical (unpaired) electrons. The number of carbonyl (C=O) groups is 2. The van der Waals surface area contributed by atoms with Crippen LogP contribution in [0.15, 0.2) is 24.3 Å². The van der Waals surface area contributed by atoms with Crippen LogP contribution in [0.4, 0.5) is 4.79 Å². The van der Waals surface area contributed by atoms with Gasteiger partial charge in [0.2, 0.25) is 0 Å². The Morgan fingerprint density at radius 2 is 2.15 bits per heavy atom. The summed E-state index contributed by atoms with van der Waals surface area (Å²) in [4.78, 5) is 22.4. The molecule has 3 N–H and O–H groups in total. The van der Waals surface area contributed by atoms with Gasteiger partial charge in [-0.25, -0.2) is 9.59 Å². The number of methoxy groups -OCH3 is 1. The molecule has 2 atom stereocenters. The van der Waals surface area contributed by atoms with Crippen LogP contribution in [-0.2, 0) is 9.53 Å². The van der Waals surface area contributed by atoms with Crippen LogP contribution in [0.3, 0.4) is 0 Å². The number of amides is 2. The molecule has 0 spiro atoms. The number of hydrogen-bond donors (Lipinski definition) is 3. The number of carboxylic acids is 1. The highest BCUT2D eigenvalue weighted by Gasteiger charge is 2.17. The monoisotopic (exact) mass is 300 g/mol. The number of halogens is 1. The minimum absolute atomic E-state index is 0.111. The van der Waals surface area contributed by atoms with Crippen LogP contribution in [0.2, 0.25) is 5.02 Å². The van der Waals surface area contributed by atoms with Gasteiger partial charge in [0.25, 0.3) is 0 Å². The zero-order valence-corrected chi connectivity index (χ0v) is 12.0. The second-order valence-electron chi connectivity index (χ2n) is 4.19. The maximum Gasteiger partial charge on any atom is 0.334 e. The first-order valence-corrected chi connectivity index (χ1v) is 6.37. The Hall–Kier alpha value is -1.79. The molecule has 6 nitrogen and oxygen atoms in total. The van der Waals surface area contributed by atoms with E-state index in [1.807, 2.05) is 6.07 Å². The van der Waals surface area contributed by atoms with Crippen molar-refractivity contribution < 1.29 is 19.4 Å². The Kier molecular flexibility index (Phi) is 6.27. The lowest BCUT2D eigenvalue weighted by atomic mass is 10.1. The van der Waals surface area contributed by atoms with Crippen LogP contribution in [0, 0.1) is 0 Å². The van der Waals surface area contributed by atoms with E-state index < -0.39 is 18.1 Å². The summed E-state index contributed by atoms with van der Waals surface area (Å²) in [5.41, 5.74) is 0.856. The van der Waals surface area contributed by atoms with Crippen molar-refractivity contribution in [3.05, 3.63) is 34.9 Å².